The number of hydrogen-bond acceptors (Lipinski definition) is 6. The summed E-state index contributed by atoms with van der Waals surface area (Å²) in [5.74, 6) is 0.412. The lowest BCUT2D eigenvalue weighted by Gasteiger charge is -2.29. The molecule has 1 aromatic carbocycles. The minimum absolute atomic E-state index is 0.213. The second-order valence-electron chi connectivity index (χ2n) is 7.42. The number of aromatic nitrogens is 7. The number of aromatic amines is 1. The maximum atomic E-state index is 12.9. The molecule has 0 spiro atoms. The van der Waals surface area contributed by atoms with Crippen LogP contribution in [0.5, 0.6) is 0 Å². The number of pyridine rings is 1. The highest BCUT2D eigenvalue weighted by molar-refractivity contribution is 5.76. The molecule has 0 amide bonds. The largest absolute Gasteiger partial charge is 0.388 e. The Morgan fingerprint density at radius 3 is 2.83 bits per heavy atom. The van der Waals surface area contributed by atoms with E-state index in [2.05, 4.69) is 19.9 Å². The van der Waals surface area contributed by atoms with Gasteiger partial charge in [0.2, 0.25) is 5.95 Å². The summed E-state index contributed by atoms with van der Waals surface area (Å²) >= 11 is 0. The molecule has 9 nitrogen and oxygen atoms in total. The molecule has 0 fully saturated rings. The van der Waals surface area contributed by atoms with Crippen LogP contribution in [0.25, 0.3) is 28.1 Å². The Kier molecular flexibility index (Phi) is 3.59. The molecule has 1 aliphatic rings. The first-order chi connectivity index (χ1) is 14.7. The second kappa shape index (κ2) is 6.33. The van der Waals surface area contributed by atoms with E-state index in [1.165, 1.54) is 0 Å². The molecule has 6 rings (SSSR count). The summed E-state index contributed by atoms with van der Waals surface area (Å²) in [6, 6.07) is 9.31. The average Bonchev–Trinajstić information content (AvgIpc) is 3.34. The highest BCUT2D eigenvalue weighted by Gasteiger charge is 2.29. The third-order valence-corrected chi connectivity index (χ3v) is 5.75. The Bertz CT molecular complexity index is 1470. The summed E-state index contributed by atoms with van der Waals surface area (Å²) < 4.78 is 3.42. The first kappa shape index (κ1) is 17.0. The number of imidazole rings is 2. The summed E-state index contributed by atoms with van der Waals surface area (Å²) in [7, 11) is 0. The molecule has 0 unspecified atom stereocenters. The summed E-state index contributed by atoms with van der Waals surface area (Å²) in [4.78, 5) is 33.4. The van der Waals surface area contributed by atoms with E-state index in [1.54, 1.807) is 34.1 Å². The molecule has 9 heteroatoms. The number of nitrogens with zero attached hydrogens (tertiary/aromatic N) is 6. The number of nitrogens with one attached hydrogen (secondary N) is 1. The molecule has 5 aromatic rings. The van der Waals surface area contributed by atoms with Crippen LogP contribution in [0.3, 0.4) is 0 Å². The first-order valence-corrected chi connectivity index (χ1v) is 9.72. The molecular formula is C21H17N7O2. The number of aliphatic hydroxyl groups excluding tert-OH is 1. The monoisotopic (exact) mass is 399 g/mol. The van der Waals surface area contributed by atoms with Crippen molar-refractivity contribution >= 4 is 22.2 Å². The fourth-order valence-corrected chi connectivity index (χ4v) is 4.34. The van der Waals surface area contributed by atoms with Crippen LogP contribution in [0, 0.1) is 0 Å². The van der Waals surface area contributed by atoms with Crippen molar-refractivity contribution in [1.82, 2.24) is 34.1 Å². The van der Waals surface area contributed by atoms with Crippen molar-refractivity contribution in [3.8, 4) is 5.95 Å². The predicted octanol–water partition coefficient (Wildman–Crippen LogP) is 2.27. The SMILES string of the molecule is O=c1[nH]c2cnc(-n3cnc4ccncc43)nc2n1[C@@H]1CC[C@@H](O)c2ccccc21. The van der Waals surface area contributed by atoms with Crippen molar-refractivity contribution in [1.29, 1.82) is 0 Å². The number of rotatable bonds is 2. The standard InChI is InChI=1S/C21H17N7O2/c29-18-6-5-16(12-3-1-2-4-13(12)18)28-19-15(25-21(28)30)9-23-20(26-19)27-11-24-14-7-8-22-10-17(14)27/h1-4,7-11,16,18,29H,5-6H2,(H,25,30)/t16-,18-/m1/s1. The fraction of sp³-hybridized carbons (Fsp3) is 0.190. The van der Waals surface area contributed by atoms with Crippen molar-refractivity contribution in [2.24, 2.45) is 0 Å². The Balaban J connectivity index is 1.56. The second-order valence-corrected chi connectivity index (χ2v) is 7.42. The van der Waals surface area contributed by atoms with Crippen molar-refractivity contribution < 1.29 is 5.11 Å². The predicted molar refractivity (Wildman–Crippen MR) is 109 cm³/mol. The molecular weight excluding hydrogens is 382 g/mol. The molecule has 2 N–H and O–H groups in total. The normalized spacial score (nSPS) is 18.7. The van der Waals surface area contributed by atoms with Crippen molar-refractivity contribution in [2.75, 3.05) is 0 Å². The maximum Gasteiger partial charge on any atom is 0.328 e. The van der Waals surface area contributed by atoms with Gasteiger partial charge in [-0.05, 0) is 30.0 Å². The van der Waals surface area contributed by atoms with Crippen LogP contribution in [0.4, 0.5) is 0 Å². The highest BCUT2D eigenvalue weighted by Crippen LogP contribution is 2.38. The van der Waals surface area contributed by atoms with Crippen LogP contribution in [0.2, 0.25) is 0 Å². The fourth-order valence-electron chi connectivity index (χ4n) is 4.34. The third-order valence-electron chi connectivity index (χ3n) is 5.75. The van der Waals surface area contributed by atoms with Gasteiger partial charge in [-0.15, -0.1) is 0 Å². The van der Waals surface area contributed by atoms with Gasteiger partial charge in [-0.1, -0.05) is 24.3 Å². The van der Waals surface area contributed by atoms with E-state index in [-0.39, 0.29) is 11.7 Å². The quantitative estimate of drug-likeness (QED) is 0.471. The average molecular weight is 399 g/mol. The van der Waals surface area contributed by atoms with Crippen LogP contribution >= 0.6 is 0 Å². The van der Waals surface area contributed by atoms with Gasteiger partial charge in [0, 0.05) is 6.20 Å². The smallest absolute Gasteiger partial charge is 0.328 e. The maximum absolute atomic E-state index is 12.9. The molecule has 1 aliphatic carbocycles. The topological polar surface area (TPSA) is 115 Å². The Hall–Kier alpha value is -3.85. The number of aliphatic hydroxyl groups is 1. The summed E-state index contributed by atoms with van der Waals surface area (Å²) in [6.45, 7) is 0. The van der Waals surface area contributed by atoms with Gasteiger partial charge in [0.05, 0.1) is 35.6 Å². The highest BCUT2D eigenvalue weighted by atomic mass is 16.3. The summed E-state index contributed by atoms with van der Waals surface area (Å²) in [6.07, 6.45) is 7.35. The molecule has 0 aliphatic heterocycles. The molecule has 0 bridgehead atoms. The van der Waals surface area contributed by atoms with Gasteiger partial charge in [-0.3, -0.25) is 14.1 Å². The number of hydrogen-bond donors (Lipinski definition) is 2. The van der Waals surface area contributed by atoms with Crippen molar-refractivity contribution in [3.05, 3.63) is 76.9 Å². The molecule has 4 heterocycles. The number of H-pyrrole nitrogens is 1. The minimum Gasteiger partial charge on any atom is -0.388 e. The lowest BCUT2D eigenvalue weighted by Crippen LogP contribution is -2.27. The number of benzene rings is 1. The van der Waals surface area contributed by atoms with Crippen LogP contribution in [0.15, 0.2) is 60.0 Å². The molecule has 2 atom stereocenters. The third kappa shape index (κ3) is 2.42. The number of fused-ring (bicyclic) bond motifs is 3. The van der Waals surface area contributed by atoms with Gasteiger partial charge in [0.1, 0.15) is 11.8 Å². The van der Waals surface area contributed by atoms with Crippen molar-refractivity contribution in [2.45, 2.75) is 25.0 Å². The molecule has 4 aromatic heterocycles. The lowest BCUT2D eigenvalue weighted by molar-refractivity contribution is 0.147. The van der Waals surface area contributed by atoms with E-state index in [4.69, 9.17) is 4.98 Å². The van der Waals surface area contributed by atoms with Crippen LogP contribution in [-0.4, -0.2) is 39.2 Å². The van der Waals surface area contributed by atoms with Gasteiger partial charge in [-0.2, -0.15) is 4.98 Å². The zero-order chi connectivity index (χ0) is 20.2. The van der Waals surface area contributed by atoms with Crippen LogP contribution in [0.1, 0.15) is 36.1 Å². The van der Waals surface area contributed by atoms with E-state index in [0.717, 1.165) is 22.2 Å². The first-order valence-electron chi connectivity index (χ1n) is 9.72. The van der Waals surface area contributed by atoms with Crippen molar-refractivity contribution in [3.63, 3.8) is 0 Å². The minimum atomic E-state index is -0.520. The molecule has 0 saturated carbocycles. The van der Waals surface area contributed by atoms with E-state index in [0.29, 0.717) is 30.0 Å². The van der Waals surface area contributed by atoms with Gasteiger partial charge in [0.25, 0.3) is 0 Å². The van der Waals surface area contributed by atoms with Crippen LogP contribution in [-0.2, 0) is 0 Å². The Morgan fingerprint density at radius 2 is 1.93 bits per heavy atom. The lowest BCUT2D eigenvalue weighted by atomic mass is 9.85. The molecule has 148 valence electrons. The molecule has 0 radical (unpaired) electrons. The van der Waals surface area contributed by atoms with E-state index >= 15 is 0 Å². The zero-order valence-corrected chi connectivity index (χ0v) is 15.8. The van der Waals surface area contributed by atoms with Gasteiger partial charge >= 0.3 is 5.69 Å². The summed E-state index contributed by atoms with van der Waals surface area (Å²) in [5.41, 5.74) is 4.21. The zero-order valence-electron chi connectivity index (χ0n) is 15.8. The van der Waals surface area contributed by atoms with Gasteiger partial charge < -0.3 is 10.1 Å². The Labute approximate surface area is 169 Å². The van der Waals surface area contributed by atoms with Gasteiger partial charge in [0.15, 0.2) is 5.65 Å². The summed E-state index contributed by atoms with van der Waals surface area (Å²) in [5, 5.41) is 10.4. The van der Waals surface area contributed by atoms with Gasteiger partial charge in [-0.25, -0.2) is 14.8 Å². The molecule has 0 saturated heterocycles. The van der Waals surface area contributed by atoms with E-state index < -0.39 is 6.10 Å². The Morgan fingerprint density at radius 1 is 1.07 bits per heavy atom. The molecule has 30 heavy (non-hydrogen) atoms. The van der Waals surface area contributed by atoms with E-state index in [9.17, 15) is 9.90 Å². The van der Waals surface area contributed by atoms with E-state index in [1.807, 2.05) is 30.3 Å². The van der Waals surface area contributed by atoms with Crippen LogP contribution < -0.4 is 5.69 Å².